The lowest BCUT2D eigenvalue weighted by molar-refractivity contribution is -0.131. The number of rotatable bonds is 30. The zero-order chi connectivity index (χ0) is 30.4. The van der Waals surface area contributed by atoms with Crippen molar-refractivity contribution in [3.63, 3.8) is 0 Å². The Morgan fingerprint density at radius 1 is 0.512 bits per heavy atom. The molecule has 0 bridgehead atoms. The van der Waals surface area contributed by atoms with E-state index in [9.17, 15) is 14.4 Å². The maximum atomic E-state index is 11.9. The van der Waals surface area contributed by atoms with E-state index in [1.165, 1.54) is 70.6 Å². The third kappa shape index (κ3) is 29.7. The minimum atomic E-state index is -0.401. The lowest BCUT2D eigenvalue weighted by Gasteiger charge is -2.16. The van der Waals surface area contributed by atoms with Crippen LogP contribution in [0.5, 0.6) is 0 Å². The summed E-state index contributed by atoms with van der Waals surface area (Å²) >= 11 is 0. The van der Waals surface area contributed by atoms with Crippen LogP contribution >= 0.6 is 0 Å². The van der Waals surface area contributed by atoms with Gasteiger partial charge in [0.05, 0.1) is 39.6 Å². The molecule has 9 heteroatoms. The van der Waals surface area contributed by atoms with Gasteiger partial charge in [0.25, 0.3) is 0 Å². The van der Waals surface area contributed by atoms with Crippen LogP contribution in [0.2, 0.25) is 0 Å². The highest BCUT2D eigenvalue weighted by Gasteiger charge is 2.20. The summed E-state index contributed by atoms with van der Waals surface area (Å²) < 4.78 is 21.4. The molecule has 0 unspecified atom stereocenters. The summed E-state index contributed by atoms with van der Waals surface area (Å²) in [5.41, 5.74) is -0.401. The van der Waals surface area contributed by atoms with Crippen LogP contribution in [-0.4, -0.2) is 83.5 Å². The largest absolute Gasteiger partial charge is 0.377 e. The summed E-state index contributed by atoms with van der Waals surface area (Å²) in [5, 5.41) is 5.60. The SMILES string of the molecule is CCCCCCCCCCCCCCCC(=O)NCCOCCOCC(=O)NCCOCCOCC(=O)C(C)(C)C. The van der Waals surface area contributed by atoms with Crippen LogP contribution in [0.3, 0.4) is 0 Å². The molecule has 0 rings (SSSR count). The first kappa shape index (κ1) is 39.5. The summed E-state index contributed by atoms with van der Waals surface area (Å²) in [6.45, 7) is 10.9. The fourth-order valence-corrected chi connectivity index (χ4v) is 3.95. The number of Topliss-reactive ketones (excluding diaryl/α,β-unsaturated/α-hetero) is 1. The van der Waals surface area contributed by atoms with E-state index < -0.39 is 5.41 Å². The first-order chi connectivity index (χ1) is 19.8. The second-order valence-electron chi connectivity index (χ2n) is 11.7. The van der Waals surface area contributed by atoms with Gasteiger partial charge in [0.2, 0.25) is 11.8 Å². The summed E-state index contributed by atoms with van der Waals surface area (Å²) in [6, 6.07) is 0. The normalized spacial score (nSPS) is 11.5. The molecule has 0 aromatic heterocycles. The summed E-state index contributed by atoms with van der Waals surface area (Å²) in [6.07, 6.45) is 17.5. The van der Waals surface area contributed by atoms with Gasteiger partial charge >= 0.3 is 0 Å². The molecule has 0 aliphatic heterocycles. The molecule has 0 saturated carbocycles. The van der Waals surface area contributed by atoms with Gasteiger partial charge in [-0.25, -0.2) is 0 Å². The number of ether oxygens (including phenoxy) is 4. The van der Waals surface area contributed by atoms with Crippen LogP contribution in [0.4, 0.5) is 0 Å². The third-order valence-electron chi connectivity index (χ3n) is 6.69. The Morgan fingerprint density at radius 2 is 0.927 bits per heavy atom. The molecule has 2 N–H and O–H groups in total. The highest BCUT2D eigenvalue weighted by molar-refractivity contribution is 5.84. The standard InChI is InChI=1S/C32H62N2O7/c1-5-6-7-8-9-10-11-12-13-14-15-16-17-18-30(36)33-19-21-38-24-26-41-28-31(37)34-20-22-39-23-25-40-27-29(35)32(2,3)4/h5-28H2,1-4H3,(H,33,36)(H,34,37). The number of hydrogen-bond donors (Lipinski definition) is 2. The fourth-order valence-electron chi connectivity index (χ4n) is 3.95. The molecule has 2 amide bonds. The zero-order valence-electron chi connectivity index (χ0n) is 26.8. The number of nitrogens with one attached hydrogen (secondary N) is 2. The lowest BCUT2D eigenvalue weighted by Crippen LogP contribution is -2.31. The Balaban J connectivity index is 3.32. The van der Waals surface area contributed by atoms with Crippen molar-refractivity contribution in [3.8, 4) is 0 Å². The smallest absolute Gasteiger partial charge is 0.246 e. The van der Waals surface area contributed by atoms with Gasteiger partial charge in [-0.1, -0.05) is 105 Å². The quantitative estimate of drug-likeness (QED) is 0.109. The van der Waals surface area contributed by atoms with Gasteiger partial charge in [0.15, 0.2) is 5.78 Å². The highest BCUT2D eigenvalue weighted by atomic mass is 16.5. The molecule has 41 heavy (non-hydrogen) atoms. The number of ketones is 1. The Labute approximate surface area is 250 Å². The third-order valence-corrected chi connectivity index (χ3v) is 6.69. The molecule has 9 nitrogen and oxygen atoms in total. The molecule has 0 radical (unpaired) electrons. The van der Waals surface area contributed by atoms with Crippen LogP contribution < -0.4 is 10.6 Å². The minimum absolute atomic E-state index is 0.0444. The van der Waals surface area contributed by atoms with Crippen molar-refractivity contribution in [3.05, 3.63) is 0 Å². The van der Waals surface area contributed by atoms with Crippen LogP contribution in [0.1, 0.15) is 118 Å². The topological polar surface area (TPSA) is 112 Å². The minimum Gasteiger partial charge on any atom is -0.377 e. The van der Waals surface area contributed by atoms with Crippen LogP contribution in [0, 0.1) is 5.41 Å². The van der Waals surface area contributed by atoms with Crippen molar-refractivity contribution in [2.75, 3.05) is 65.9 Å². The Morgan fingerprint density at radius 3 is 1.41 bits per heavy atom. The molecule has 0 aliphatic carbocycles. The van der Waals surface area contributed by atoms with Crippen LogP contribution in [0.25, 0.3) is 0 Å². The van der Waals surface area contributed by atoms with Crippen LogP contribution in [-0.2, 0) is 33.3 Å². The van der Waals surface area contributed by atoms with Gasteiger partial charge in [-0.2, -0.15) is 0 Å². The first-order valence-electron chi connectivity index (χ1n) is 16.1. The van der Waals surface area contributed by atoms with E-state index in [2.05, 4.69) is 17.6 Å². The van der Waals surface area contributed by atoms with E-state index in [1.807, 2.05) is 20.8 Å². The molecule has 0 atom stereocenters. The summed E-state index contributed by atoms with van der Waals surface area (Å²) in [5.74, 6) is -0.0878. The Kier molecular flexibility index (Phi) is 27.5. The molecule has 0 aliphatic rings. The monoisotopic (exact) mass is 586 g/mol. The average molecular weight is 587 g/mol. The Hall–Kier alpha value is -1.55. The van der Waals surface area contributed by atoms with Crippen molar-refractivity contribution >= 4 is 17.6 Å². The molecule has 0 aromatic rings. The van der Waals surface area contributed by atoms with E-state index in [4.69, 9.17) is 18.9 Å². The predicted octanol–water partition coefficient (Wildman–Crippen LogP) is 5.38. The highest BCUT2D eigenvalue weighted by Crippen LogP contribution is 2.14. The second-order valence-corrected chi connectivity index (χ2v) is 11.7. The molecule has 242 valence electrons. The van der Waals surface area contributed by atoms with Crippen LogP contribution in [0.15, 0.2) is 0 Å². The van der Waals surface area contributed by atoms with Crippen molar-refractivity contribution < 1.29 is 33.3 Å². The number of carbonyl (C=O) groups is 3. The molecule has 0 fully saturated rings. The number of hydrogen-bond acceptors (Lipinski definition) is 7. The van der Waals surface area contributed by atoms with Gasteiger partial charge in [0, 0.05) is 24.9 Å². The fraction of sp³-hybridized carbons (Fsp3) is 0.906. The van der Waals surface area contributed by atoms with Gasteiger partial charge in [-0.05, 0) is 6.42 Å². The van der Waals surface area contributed by atoms with E-state index in [0.717, 1.165) is 12.8 Å². The van der Waals surface area contributed by atoms with Gasteiger partial charge in [0.1, 0.15) is 13.2 Å². The second kappa shape index (κ2) is 28.6. The van der Waals surface area contributed by atoms with Gasteiger partial charge in [-0.15, -0.1) is 0 Å². The van der Waals surface area contributed by atoms with Gasteiger partial charge < -0.3 is 29.6 Å². The van der Waals surface area contributed by atoms with E-state index in [-0.39, 0.29) is 30.8 Å². The predicted molar refractivity (Wildman–Crippen MR) is 164 cm³/mol. The van der Waals surface area contributed by atoms with Crippen molar-refractivity contribution in [2.24, 2.45) is 5.41 Å². The summed E-state index contributed by atoms with van der Waals surface area (Å²) in [4.78, 5) is 35.4. The van der Waals surface area contributed by atoms with E-state index >= 15 is 0 Å². The van der Waals surface area contributed by atoms with E-state index in [1.54, 1.807) is 0 Å². The zero-order valence-corrected chi connectivity index (χ0v) is 26.8. The first-order valence-corrected chi connectivity index (χ1v) is 16.1. The summed E-state index contributed by atoms with van der Waals surface area (Å²) in [7, 11) is 0. The number of unbranched alkanes of at least 4 members (excludes halogenated alkanes) is 12. The van der Waals surface area contributed by atoms with Crippen molar-refractivity contribution in [1.29, 1.82) is 0 Å². The average Bonchev–Trinajstić information content (AvgIpc) is 2.93. The Bertz CT molecular complexity index is 638. The molecular weight excluding hydrogens is 524 g/mol. The van der Waals surface area contributed by atoms with Crippen molar-refractivity contribution in [1.82, 2.24) is 10.6 Å². The van der Waals surface area contributed by atoms with Crippen molar-refractivity contribution in [2.45, 2.75) is 118 Å². The molecular formula is C32H62N2O7. The van der Waals surface area contributed by atoms with Gasteiger partial charge in [-0.3, -0.25) is 14.4 Å². The number of carbonyl (C=O) groups excluding carboxylic acids is 3. The maximum absolute atomic E-state index is 11.9. The van der Waals surface area contributed by atoms with E-state index in [0.29, 0.717) is 59.2 Å². The maximum Gasteiger partial charge on any atom is 0.246 e. The molecule has 0 saturated heterocycles. The molecule has 0 aromatic carbocycles. The molecule has 0 heterocycles. The number of amides is 2. The lowest BCUT2D eigenvalue weighted by atomic mass is 9.91. The molecule has 0 spiro atoms.